The molecule has 3 heterocycles. The quantitative estimate of drug-likeness (QED) is 0.640. The number of rotatable bonds is 2. The summed E-state index contributed by atoms with van der Waals surface area (Å²) in [6, 6.07) is 0. The molecule has 0 N–H and O–H groups in total. The second-order valence-electron chi connectivity index (χ2n) is 11.0. The molecule has 7 atom stereocenters. The van der Waals surface area contributed by atoms with Gasteiger partial charge in [-0.2, -0.15) is 0 Å². The van der Waals surface area contributed by atoms with E-state index in [9.17, 15) is 0 Å². The number of aryl methyl sites for hydroxylation is 2. The van der Waals surface area contributed by atoms with E-state index in [4.69, 9.17) is 24.1 Å². The molecule has 0 amide bonds. The molecule has 6 rings (SSSR count). The van der Waals surface area contributed by atoms with Crippen molar-refractivity contribution in [1.82, 2.24) is 5.16 Å². The molecular weight excluding hydrogens is 382 g/mol. The molecule has 5 aliphatic rings. The minimum absolute atomic E-state index is 0.0537. The van der Waals surface area contributed by atoms with Gasteiger partial charge in [0.05, 0.1) is 18.9 Å². The second kappa shape index (κ2) is 6.77. The van der Waals surface area contributed by atoms with Gasteiger partial charge in [-0.3, -0.25) is 0 Å². The first-order chi connectivity index (χ1) is 14.5. The van der Waals surface area contributed by atoms with Gasteiger partial charge < -0.3 is 4.52 Å². The van der Waals surface area contributed by atoms with Crippen LogP contribution in [-0.4, -0.2) is 29.6 Å². The maximum atomic E-state index is 6.11. The van der Waals surface area contributed by atoms with Crippen molar-refractivity contribution in [2.75, 3.05) is 13.2 Å². The highest BCUT2D eigenvalue weighted by molar-refractivity contribution is 5.24. The number of fused-ring (bicyclic) bond motifs is 4. The zero-order valence-electron chi connectivity index (χ0n) is 18.6. The summed E-state index contributed by atoms with van der Waals surface area (Å²) in [5.74, 6) is 3.51. The van der Waals surface area contributed by atoms with E-state index >= 15 is 0 Å². The Kier molecular flexibility index (Phi) is 4.45. The zero-order valence-corrected chi connectivity index (χ0v) is 18.6. The number of nitrogens with zero attached hydrogens (tertiary/aromatic N) is 1. The highest BCUT2D eigenvalue weighted by Crippen LogP contribution is 2.68. The summed E-state index contributed by atoms with van der Waals surface area (Å²) < 4.78 is 5.52. The number of hydrogen-bond donors (Lipinski definition) is 0. The zero-order chi connectivity index (χ0) is 20.6. The molecule has 4 unspecified atom stereocenters. The van der Waals surface area contributed by atoms with E-state index in [1.54, 1.807) is 0 Å². The highest BCUT2D eigenvalue weighted by Gasteiger charge is 2.67. The van der Waals surface area contributed by atoms with E-state index in [0.29, 0.717) is 24.4 Å². The van der Waals surface area contributed by atoms with Crippen LogP contribution in [0.2, 0.25) is 0 Å². The average molecular weight is 418 g/mol. The van der Waals surface area contributed by atoms with Crippen LogP contribution in [0.3, 0.4) is 0 Å². The second-order valence-corrected chi connectivity index (χ2v) is 11.0. The molecule has 3 aliphatic carbocycles. The molecule has 0 bridgehead atoms. The molecule has 2 spiro atoms. The van der Waals surface area contributed by atoms with E-state index < -0.39 is 0 Å². The molecule has 3 saturated carbocycles. The lowest BCUT2D eigenvalue weighted by atomic mass is 9.49. The van der Waals surface area contributed by atoms with E-state index in [1.807, 2.05) is 6.92 Å². The van der Waals surface area contributed by atoms with Crippen LogP contribution in [-0.2, 0) is 26.0 Å². The molecular formula is C24H35NO5. The topological polar surface area (TPSA) is 63.0 Å². The van der Waals surface area contributed by atoms with Crippen LogP contribution in [0.1, 0.15) is 75.3 Å². The van der Waals surface area contributed by atoms with Crippen LogP contribution in [0.25, 0.3) is 0 Å². The summed E-state index contributed by atoms with van der Waals surface area (Å²) in [4.78, 5) is 23.1. The third-order valence-electron chi connectivity index (χ3n) is 10.1. The van der Waals surface area contributed by atoms with Crippen LogP contribution >= 0.6 is 0 Å². The minimum atomic E-state index is -0.145. The fraction of sp³-hybridized carbons (Fsp3) is 0.875. The Hall–Kier alpha value is -0.950. The molecule has 1 aromatic heterocycles. The lowest BCUT2D eigenvalue weighted by Crippen LogP contribution is -2.57. The van der Waals surface area contributed by atoms with Gasteiger partial charge in [-0.15, -0.1) is 0 Å². The first-order valence-electron chi connectivity index (χ1n) is 12.0. The van der Waals surface area contributed by atoms with Crippen molar-refractivity contribution >= 4 is 0 Å². The SMILES string of the molecule is Cc1noc(C)c1CC1C2CC[C@@]3(C)[C@@H](CC[C@@]34CCOO4)C2CCC12CCOO2. The summed E-state index contributed by atoms with van der Waals surface area (Å²) in [6.45, 7) is 8.08. The predicted molar refractivity (Wildman–Crippen MR) is 108 cm³/mol. The van der Waals surface area contributed by atoms with Gasteiger partial charge in [-0.1, -0.05) is 12.1 Å². The maximum Gasteiger partial charge on any atom is 0.137 e. The van der Waals surface area contributed by atoms with E-state index in [1.165, 1.54) is 31.2 Å². The molecule has 30 heavy (non-hydrogen) atoms. The molecule has 2 saturated heterocycles. The van der Waals surface area contributed by atoms with Crippen LogP contribution in [0.15, 0.2) is 4.52 Å². The molecule has 6 nitrogen and oxygen atoms in total. The summed E-state index contributed by atoms with van der Waals surface area (Å²) >= 11 is 0. The molecule has 5 fully saturated rings. The average Bonchev–Trinajstić information content (AvgIpc) is 3.51. The van der Waals surface area contributed by atoms with Gasteiger partial charge in [0.25, 0.3) is 0 Å². The molecule has 1 aromatic rings. The number of aromatic nitrogens is 1. The van der Waals surface area contributed by atoms with Crippen molar-refractivity contribution in [3.8, 4) is 0 Å². The fourth-order valence-electron chi connectivity index (χ4n) is 8.44. The summed E-state index contributed by atoms with van der Waals surface area (Å²) in [5, 5.41) is 4.24. The summed E-state index contributed by atoms with van der Waals surface area (Å²) in [5.41, 5.74) is 2.34. The first-order valence-corrected chi connectivity index (χ1v) is 12.0. The third-order valence-corrected chi connectivity index (χ3v) is 10.1. The third kappa shape index (κ3) is 2.54. The molecule has 0 aromatic carbocycles. The van der Waals surface area contributed by atoms with Gasteiger partial charge in [0, 0.05) is 23.8 Å². The lowest BCUT2D eigenvalue weighted by molar-refractivity contribution is -0.344. The van der Waals surface area contributed by atoms with Crippen LogP contribution in [0, 0.1) is 42.9 Å². The first kappa shape index (κ1) is 19.7. The standard InChI is InChI=1S/C24H35NO5/c1-15-19(16(2)28-25-15)14-21-18-4-7-22(3)20(6-9-24(22)11-13-27-30-24)17(18)5-8-23(21)10-12-26-29-23/h17-18,20-21H,4-14H2,1-3H3/t17?,18?,20-,21?,22-,23?,24+/m0/s1. The monoisotopic (exact) mass is 417 g/mol. The Balaban J connectivity index is 1.34. The Morgan fingerprint density at radius 1 is 0.900 bits per heavy atom. The van der Waals surface area contributed by atoms with Crippen molar-refractivity contribution < 1.29 is 24.1 Å². The normalized spacial score (nSPS) is 47.8. The molecule has 166 valence electrons. The van der Waals surface area contributed by atoms with Gasteiger partial charge in [-0.05, 0) is 82.5 Å². The van der Waals surface area contributed by atoms with Crippen molar-refractivity contribution in [3.63, 3.8) is 0 Å². The van der Waals surface area contributed by atoms with Crippen molar-refractivity contribution in [1.29, 1.82) is 0 Å². The summed E-state index contributed by atoms with van der Waals surface area (Å²) in [6.07, 6.45) is 10.3. The number of hydrogen-bond acceptors (Lipinski definition) is 6. The van der Waals surface area contributed by atoms with Gasteiger partial charge in [-0.25, -0.2) is 19.6 Å². The summed E-state index contributed by atoms with van der Waals surface area (Å²) in [7, 11) is 0. The van der Waals surface area contributed by atoms with Crippen LogP contribution in [0.5, 0.6) is 0 Å². The van der Waals surface area contributed by atoms with Crippen molar-refractivity contribution in [2.24, 2.45) is 29.1 Å². The Morgan fingerprint density at radius 2 is 1.70 bits per heavy atom. The highest BCUT2D eigenvalue weighted by atomic mass is 17.2. The van der Waals surface area contributed by atoms with E-state index in [2.05, 4.69) is 19.0 Å². The van der Waals surface area contributed by atoms with Gasteiger partial charge in [0.1, 0.15) is 17.0 Å². The van der Waals surface area contributed by atoms with Crippen molar-refractivity contribution in [3.05, 3.63) is 17.0 Å². The van der Waals surface area contributed by atoms with Gasteiger partial charge in [0.15, 0.2) is 0 Å². The molecule has 2 aliphatic heterocycles. The smallest absolute Gasteiger partial charge is 0.137 e. The fourth-order valence-corrected chi connectivity index (χ4v) is 8.44. The van der Waals surface area contributed by atoms with E-state index in [-0.39, 0.29) is 16.6 Å². The maximum absolute atomic E-state index is 6.11. The Morgan fingerprint density at radius 3 is 2.40 bits per heavy atom. The van der Waals surface area contributed by atoms with E-state index in [0.717, 1.165) is 56.1 Å². The molecule has 0 radical (unpaired) electrons. The van der Waals surface area contributed by atoms with Crippen molar-refractivity contribution in [2.45, 2.75) is 89.8 Å². The predicted octanol–water partition coefficient (Wildman–Crippen LogP) is 4.87. The molecule has 6 heteroatoms. The van der Waals surface area contributed by atoms with Gasteiger partial charge >= 0.3 is 0 Å². The van der Waals surface area contributed by atoms with Crippen LogP contribution < -0.4 is 0 Å². The largest absolute Gasteiger partial charge is 0.361 e. The van der Waals surface area contributed by atoms with Crippen LogP contribution in [0.4, 0.5) is 0 Å². The Labute approximate surface area is 178 Å². The van der Waals surface area contributed by atoms with Gasteiger partial charge in [0.2, 0.25) is 0 Å². The Bertz CT molecular complexity index is 789. The minimum Gasteiger partial charge on any atom is -0.361 e. The lowest BCUT2D eigenvalue weighted by Gasteiger charge is -2.57.